The van der Waals surface area contributed by atoms with Gasteiger partial charge >= 0.3 is 0 Å². The summed E-state index contributed by atoms with van der Waals surface area (Å²) >= 11 is 0. The maximum absolute atomic E-state index is 12.0. The summed E-state index contributed by atoms with van der Waals surface area (Å²) < 4.78 is 27.9. The van der Waals surface area contributed by atoms with Crippen molar-refractivity contribution < 1.29 is 8.42 Å². The first-order chi connectivity index (χ1) is 10.4. The molecule has 0 bridgehead atoms. The van der Waals surface area contributed by atoms with E-state index in [0.717, 1.165) is 31.7 Å². The molecule has 1 N–H and O–H groups in total. The van der Waals surface area contributed by atoms with Crippen LogP contribution in [0.2, 0.25) is 0 Å². The van der Waals surface area contributed by atoms with Gasteiger partial charge < -0.3 is 4.90 Å². The number of hydrogen-bond donors (Lipinski definition) is 1. The van der Waals surface area contributed by atoms with Crippen LogP contribution in [0.25, 0.3) is 0 Å². The van der Waals surface area contributed by atoms with Gasteiger partial charge in [-0.3, -0.25) is 4.90 Å². The number of benzene rings is 1. The highest BCUT2D eigenvalue weighted by molar-refractivity contribution is 7.87. The number of likely N-dealkylation sites (N-methyl/N-ethyl adjacent to an activating group) is 1. The second-order valence-electron chi connectivity index (χ2n) is 5.90. The van der Waals surface area contributed by atoms with Gasteiger partial charge in [-0.2, -0.15) is 12.7 Å². The lowest BCUT2D eigenvalue weighted by molar-refractivity contribution is 0.112. The first-order valence-electron chi connectivity index (χ1n) is 7.55. The van der Waals surface area contributed by atoms with E-state index in [2.05, 4.69) is 33.7 Å². The average Bonchev–Trinajstić information content (AvgIpc) is 2.50. The fraction of sp³-hybridized carbons (Fsp3) is 0.600. The first-order valence-corrected chi connectivity index (χ1v) is 8.99. The molecule has 22 heavy (non-hydrogen) atoms. The van der Waals surface area contributed by atoms with Gasteiger partial charge in [-0.1, -0.05) is 30.3 Å². The molecule has 1 unspecified atom stereocenters. The monoisotopic (exact) mass is 326 g/mol. The van der Waals surface area contributed by atoms with Crippen LogP contribution in [0.5, 0.6) is 0 Å². The van der Waals surface area contributed by atoms with Gasteiger partial charge in [-0.25, -0.2) is 4.72 Å². The number of piperazine rings is 1. The molecule has 1 aliphatic heterocycles. The molecule has 1 fully saturated rings. The van der Waals surface area contributed by atoms with E-state index in [1.807, 2.05) is 18.2 Å². The summed E-state index contributed by atoms with van der Waals surface area (Å²) in [5.74, 6) is 0. The van der Waals surface area contributed by atoms with Gasteiger partial charge in [-0.15, -0.1) is 0 Å². The third-order valence-corrected chi connectivity index (χ3v) is 5.60. The van der Waals surface area contributed by atoms with Crippen LogP contribution in [-0.4, -0.2) is 76.4 Å². The summed E-state index contributed by atoms with van der Waals surface area (Å²) in [5, 5.41) is 0. The molecule has 6 nitrogen and oxygen atoms in total. The summed E-state index contributed by atoms with van der Waals surface area (Å²) in [6, 6.07) is 10.2. The van der Waals surface area contributed by atoms with Crippen molar-refractivity contribution in [1.82, 2.24) is 18.8 Å². The minimum absolute atomic E-state index is 0.0598. The Morgan fingerprint density at radius 2 is 1.73 bits per heavy atom. The third-order valence-electron chi connectivity index (χ3n) is 4.10. The summed E-state index contributed by atoms with van der Waals surface area (Å²) in [4.78, 5) is 4.65. The van der Waals surface area contributed by atoms with Gasteiger partial charge in [0.05, 0.1) is 0 Å². The van der Waals surface area contributed by atoms with E-state index < -0.39 is 10.2 Å². The van der Waals surface area contributed by atoms with Gasteiger partial charge in [0.15, 0.2) is 0 Å². The fourth-order valence-corrected chi connectivity index (χ4v) is 3.21. The SMILES string of the molecule is CN1CCN(C(CNS(=O)(=O)N(C)C)c2ccccc2)CC1. The van der Waals surface area contributed by atoms with E-state index in [9.17, 15) is 8.42 Å². The lowest BCUT2D eigenvalue weighted by Crippen LogP contribution is -2.49. The highest BCUT2D eigenvalue weighted by Gasteiger charge is 2.25. The summed E-state index contributed by atoms with van der Waals surface area (Å²) in [7, 11) is 1.79. The fourth-order valence-electron chi connectivity index (χ4n) is 2.58. The molecule has 1 aromatic carbocycles. The van der Waals surface area contributed by atoms with Crippen LogP contribution in [0.4, 0.5) is 0 Å². The number of hydrogen-bond acceptors (Lipinski definition) is 4. The molecule has 1 saturated heterocycles. The maximum Gasteiger partial charge on any atom is 0.278 e. The minimum Gasteiger partial charge on any atom is -0.304 e. The summed E-state index contributed by atoms with van der Waals surface area (Å²) in [5.41, 5.74) is 1.15. The summed E-state index contributed by atoms with van der Waals surface area (Å²) in [6.07, 6.45) is 0. The number of nitrogens with zero attached hydrogens (tertiary/aromatic N) is 3. The van der Waals surface area contributed by atoms with E-state index in [4.69, 9.17) is 0 Å². The molecule has 0 aromatic heterocycles. The molecule has 0 radical (unpaired) electrons. The van der Waals surface area contributed by atoms with Crippen molar-refractivity contribution in [3.63, 3.8) is 0 Å². The van der Waals surface area contributed by atoms with Gasteiger partial charge in [-0.05, 0) is 12.6 Å². The Morgan fingerprint density at radius 3 is 2.27 bits per heavy atom. The molecular formula is C15H26N4O2S. The van der Waals surface area contributed by atoms with Crippen molar-refractivity contribution in [2.45, 2.75) is 6.04 Å². The molecule has 2 rings (SSSR count). The first kappa shape index (κ1) is 17.4. The Kier molecular flexibility index (Phi) is 5.94. The van der Waals surface area contributed by atoms with Gasteiger partial charge in [0.2, 0.25) is 0 Å². The maximum atomic E-state index is 12.0. The van der Waals surface area contributed by atoms with Crippen molar-refractivity contribution in [1.29, 1.82) is 0 Å². The second kappa shape index (κ2) is 7.52. The standard InChI is InChI=1S/C15H26N4O2S/c1-17(2)22(20,21)16-13-15(14-7-5-4-6-8-14)19-11-9-18(3)10-12-19/h4-8,15-16H,9-13H2,1-3H3. The topological polar surface area (TPSA) is 55.9 Å². The molecule has 0 aliphatic carbocycles. The lowest BCUT2D eigenvalue weighted by atomic mass is 10.0. The number of rotatable bonds is 6. The largest absolute Gasteiger partial charge is 0.304 e. The predicted molar refractivity (Wildman–Crippen MR) is 88.9 cm³/mol. The zero-order valence-corrected chi connectivity index (χ0v) is 14.4. The molecule has 124 valence electrons. The number of nitrogens with one attached hydrogen (secondary N) is 1. The minimum atomic E-state index is -3.40. The van der Waals surface area contributed by atoms with Gasteiger partial charge in [0.1, 0.15) is 0 Å². The molecule has 7 heteroatoms. The molecule has 1 aromatic rings. The summed E-state index contributed by atoms with van der Waals surface area (Å²) in [6.45, 7) is 4.28. The Hall–Kier alpha value is -0.990. The van der Waals surface area contributed by atoms with Crippen LogP contribution < -0.4 is 4.72 Å². The van der Waals surface area contributed by atoms with Gasteiger partial charge in [0.25, 0.3) is 10.2 Å². The Balaban J connectivity index is 2.12. The van der Waals surface area contributed by atoms with Crippen LogP contribution in [0, 0.1) is 0 Å². The van der Waals surface area contributed by atoms with Crippen molar-refractivity contribution >= 4 is 10.2 Å². The highest BCUT2D eigenvalue weighted by atomic mass is 32.2. The van der Waals surface area contributed by atoms with Crippen LogP contribution in [0.1, 0.15) is 11.6 Å². The van der Waals surface area contributed by atoms with Crippen LogP contribution >= 0.6 is 0 Å². The predicted octanol–water partition coefficient (Wildman–Crippen LogP) is 0.371. The van der Waals surface area contributed by atoms with E-state index in [1.165, 1.54) is 18.4 Å². The van der Waals surface area contributed by atoms with E-state index in [1.54, 1.807) is 0 Å². The molecule has 1 aliphatic rings. The van der Waals surface area contributed by atoms with E-state index in [0.29, 0.717) is 6.54 Å². The van der Waals surface area contributed by atoms with E-state index in [-0.39, 0.29) is 6.04 Å². The third kappa shape index (κ3) is 4.50. The molecular weight excluding hydrogens is 300 g/mol. The highest BCUT2D eigenvalue weighted by Crippen LogP contribution is 2.21. The normalized spacial score (nSPS) is 19.5. The average molecular weight is 326 g/mol. The zero-order chi connectivity index (χ0) is 16.2. The van der Waals surface area contributed by atoms with Crippen LogP contribution in [0.15, 0.2) is 30.3 Å². The second-order valence-corrected chi connectivity index (χ2v) is 7.87. The Bertz CT molecular complexity index is 554. The van der Waals surface area contributed by atoms with Gasteiger partial charge in [0, 0.05) is 52.9 Å². The van der Waals surface area contributed by atoms with Crippen molar-refractivity contribution in [3.05, 3.63) is 35.9 Å². The van der Waals surface area contributed by atoms with Crippen molar-refractivity contribution in [3.8, 4) is 0 Å². The molecule has 1 atom stereocenters. The molecule has 1 heterocycles. The lowest BCUT2D eigenvalue weighted by Gasteiger charge is -2.38. The Labute approximate surface area is 133 Å². The Morgan fingerprint density at radius 1 is 1.14 bits per heavy atom. The zero-order valence-electron chi connectivity index (χ0n) is 13.6. The molecule has 0 spiro atoms. The smallest absolute Gasteiger partial charge is 0.278 e. The molecule has 0 amide bonds. The van der Waals surface area contributed by atoms with Crippen molar-refractivity contribution in [2.75, 3.05) is 53.9 Å². The molecule has 0 saturated carbocycles. The quantitative estimate of drug-likeness (QED) is 0.821. The van der Waals surface area contributed by atoms with Crippen LogP contribution in [0.3, 0.4) is 0 Å². The van der Waals surface area contributed by atoms with Crippen molar-refractivity contribution in [2.24, 2.45) is 0 Å². The van der Waals surface area contributed by atoms with E-state index >= 15 is 0 Å². The van der Waals surface area contributed by atoms with Crippen LogP contribution in [-0.2, 0) is 10.2 Å².